The summed E-state index contributed by atoms with van der Waals surface area (Å²) < 4.78 is 0. The van der Waals surface area contributed by atoms with E-state index in [0.717, 1.165) is 0 Å². The molecule has 0 amide bonds. The molecule has 5 heteroatoms. The smallest absolute Gasteiger partial charge is 0.356 e. The average Bonchev–Trinajstić information content (AvgIpc) is 2.41. The molecule has 1 aliphatic carbocycles. The standard InChI is InChI=1S/C14H19ClN2O2/c1-9(10-5-3-2-4-6-10)16-12-8-7-11(15)13(17-12)14(18)19/h7-10H,2-6H2,1H3,(H,16,17)(H,18,19). The first-order valence-corrected chi connectivity index (χ1v) is 7.12. The van der Waals surface area contributed by atoms with E-state index >= 15 is 0 Å². The molecule has 0 aliphatic heterocycles. The van der Waals surface area contributed by atoms with Crippen molar-refractivity contribution < 1.29 is 9.90 Å². The van der Waals surface area contributed by atoms with Crippen LogP contribution in [0.4, 0.5) is 5.82 Å². The summed E-state index contributed by atoms with van der Waals surface area (Å²) in [6.07, 6.45) is 6.35. The summed E-state index contributed by atoms with van der Waals surface area (Å²) in [6, 6.07) is 3.61. The van der Waals surface area contributed by atoms with Crippen LogP contribution in [0.25, 0.3) is 0 Å². The molecule has 1 atom stereocenters. The molecule has 104 valence electrons. The van der Waals surface area contributed by atoms with E-state index in [-0.39, 0.29) is 10.7 Å². The van der Waals surface area contributed by atoms with Crippen molar-refractivity contribution in [2.24, 2.45) is 5.92 Å². The highest BCUT2D eigenvalue weighted by molar-refractivity contribution is 6.33. The quantitative estimate of drug-likeness (QED) is 0.881. The van der Waals surface area contributed by atoms with Crippen molar-refractivity contribution >= 4 is 23.4 Å². The first-order valence-electron chi connectivity index (χ1n) is 6.74. The predicted molar refractivity (Wildman–Crippen MR) is 75.9 cm³/mol. The first-order chi connectivity index (χ1) is 9.08. The molecule has 1 fully saturated rings. The van der Waals surface area contributed by atoms with E-state index in [2.05, 4.69) is 17.2 Å². The van der Waals surface area contributed by atoms with E-state index in [0.29, 0.717) is 17.8 Å². The maximum Gasteiger partial charge on any atom is 0.356 e. The first kappa shape index (κ1) is 14.1. The molecule has 1 heterocycles. The number of hydrogen-bond donors (Lipinski definition) is 2. The Bertz CT molecular complexity index is 459. The number of aromatic nitrogens is 1. The number of carboxylic acid groups (broad SMARTS) is 1. The summed E-state index contributed by atoms with van der Waals surface area (Å²) >= 11 is 5.81. The maximum absolute atomic E-state index is 11.0. The van der Waals surface area contributed by atoms with E-state index in [1.165, 1.54) is 32.1 Å². The Morgan fingerprint density at radius 3 is 2.74 bits per heavy atom. The van der Waals surface area contributed by atoms with E-state index in [4.69, 9.17) is 16.7 Å². The molecule has 0 spiro atoms. The molecule has 0 saturated heterocycles. The average molecular weight is 283 g/mol. The number of rotatable bonds is 4. The Morgan fingerprint density at radius 1 is 1.42 bits per heavy atom. The maximum atomic E-state index is 11.0. The Morgan fingerprint density at radius 2 is 2.11 bits per heavy atom. The highest BCUT2D eigenvalue weighted by atomic mass is 35.5. The van der Waals surface area contributed by atoms with Crippen LogP contribution in [0.3, 0.4) is 0 Å². The molecule has 0 bridgehead atoms. The number of carbonyl (C=O) groups is 1. The molecule has 2 rings (SSSR count). The zero-order valence-corrected chi connectivity index (χ0v) is 11.8. The lowest BCUT2D eigenvalue weighted by Crippen LogP contribution is -2.28. The van der Waals surface area contributed by atoms with Gasteiger partial charge in [0, 0.05) is 6.04 Å². The molecule has 1 saturated carbocycles. The van der Waals surface area contributed by atoms with Crippen LogP contribution >= 0.6 is 11.6 Å². The van der Waals surface area contributed by atoms with Crippen molar-refractivity contribution in [2.75, 3.05) is 5.32 Å². The Balaban J connectivity index is 2.05. The van der Waals surface area contributed by atoms with Gasteiger partial charge in [-0.1, -0.05) is 30.9 Å². The van der Waals surface area contributed by atoms with E-state index in [1.54, 1.807) is 12.1 Å². The largest absolute Gasteiger partial charge is 0.476 e. The van der Waals surface area contributed by atoms with Gasteiger partial charge in [-0.15, -0.1) is 0 Å². The van der Waals surface area contributed by atoms with Crippen LogP contribution in [0.5, 0.6) is 0 Å². The molecule has 19 heavy (non-hydrogen) atoms. The van der Waals surface area contributed by atoms with Gasteiger partial charge in [-0.25, -0.2) is 9.78 Å². The van der Waals surface area contributed by atoms with E-state index in [1.807, 2.05) is 0 Å². The van der Waals surface area contributed by atoms with Crippen molar-refractivity contribution in [1.82, 2.24) is 4.98 Å². The van der Waals surface area contributed by atoms with Crippen LogP contribution in [0.1, 0.15) is 49.5 Å². The molecule has 2 N–H and O–H groups in total. The van der Waals surface area contributed by atoms with Crippen molar-refractivity contribution in [1.29, 1.82) is 0 Å². The summed E-state index contributed by atoms with van der Waals surface area (Å²) in [5, 5.41) is 12.5. The minimum atomic E-state index is -1.10. The van der Waals surface area contributed by atoms with Crippen molar-refractivity contribution in [3.05, 3.63) is 22.8 Å². The van der Waals surface area contributed by atoms with Crippen LogP contribution in [-0.2, 0) is 0 Å². The molecule has 1 aromatic heterocycles. The summed E-state index contributed by atoms with van der Waals surface area (Å²) in [5.74, 6) is 0.123. The number of nitrogens with one attached hydrogen (secondary N) is 1. The van der Waals surface area contributed by atoms with Crippen molar-refractivity contribution in [3.63, 3.8) is 0 Å². The molecule has 0 aromatic carbocycles. The molecule has 4 nitrogen and oxygen atoms in total. The van der Waals surface area contributed by atoms with E-state index in [9.17, 15) is 4.79 Å². The summed E-state index contributed by atoms with van der Waals surface area (Å²) in [7, 11) is 0. The van der Waals surface area contributed by atoms with Gasteiger partial charge < -0.3 is 10.4 Å². The lowest BCUT2D eigenvalue weighted by atomic mass is 9.84. The fourth-order valence-corrected chi connectivity index (χ4v) is 2.84. The number of aromatic carboxylic acids is 1. The van der Waals surface area contributed by atoms with Crippen LogP contribution in [0.15, 0.2) is 12.1 Å². The monoisotopic (exact) mass is 282 g/mol. The number of nitrogens with zero attached hydrogens (tertiary/aromatic N) is 1. The third-order valence-electron chi connectivity index (χ3n) is 3.78. The zero-order chi connectivity index (χ0) is 13.8. The second-order valence-corrected chi connectivity index (χ2v) is 5.57. The normalized spacial score (nSPS) is 18.0. The highest BCUT2D eigenvalue weighted by Gasteiger charge is 2.20. The van der Waals surface area contributed by atoms with Crippen LogP contribution in [0.2, 0.25) is 5.02 Å². The lowest BCUT2D eigenvalue weighted by molar-refractivity contribution is 0.0691. The van der Waals surface area contributed by atoms with Crippen LogP contribution in [-0.4, -0.2) is 22.1 Å². The molecular formula is C14H19ClN2O2. The molecule has 1 unspecified atom stereocenters. The van der Waals surface area contributed by atoms with Crippen molar-refractivity contribution in [2.45, 2.75) is 45.1 Å². The number of halogens is 1. The van der Waals surface area contributed by atoms with E-state index < -0.39 is 5.97 Å². The van der Waals surface area contributed by atoms with Gasteiger partial charge in [-0.2, -0.15) is 0 Å². The van der Waals surface area contributed by atoms with Gasteiger partial charge in [0.15, 0.2) is 5.69 Å². The molecular weight excluding hydrogens is 264 g/mol. The summed E-state index contributed by atoms with van der Waals surface area (Å²) in [5.41, 5.74) is -0.0949. The number of anilines is 1. The van der Waals surface area contributed by atoms with Gasteiger partial charge in [-0.3, -0.25) is 0 Å². The van der Waals surface area contributed by atoms with Gasteiger partial charge in [-0.05, 0) is 37.8 Å². The topological polar surface area (TPSA) is 62.2 Å². The minimum absolute atomic E-state index is 0.0949. The summed E-state index contributed by atoms with van der Waals surface area (Å²) in [4.78, 5) is 15.1. The van der Waals surface area contributed by atoms with Crippen LogP contribution < -0.4 is 5.32 Å². The van der Waals surface area contributed by atoms with Crippen molar-refractivity contribution in [3.8, 4) is 0 Å². The predicted octanol–water partition coefficient (Wildman–Crippen LogP) is 3.81. The number of carboxylic acids is 1. The Labute approximate surface area is 118 Å². The second kappa shape index (κ2) is 6.24. The van der Waals surface area contributed by atoms with Crippen LogP contribution in [0, 0.1) is 5.92 Å². The molecule has 1 aromatic rings. The summed E-state index contributed by atoms with van der Waals surface area (Å²) in [6.45, 7) is 2.13. The fourth-order valence-electron chi connectivity index (χ4n) is 2.66. The zero-order valence-electron chi connectivity index (χ0n) is 11.0. The fraction of sp³-hybridized carbons (Fsp3) is 0.571. The highest BCUT2D eigenvalue weighted by Crippen LogP contribution is 2.28. The third kappa shape index (κ3) is 3.60. The number of pyridine rings is 1. The number of hydrogen-bond acceptors (Lipinski definition) is 3. The third-order valence-corrected chi connectivity index (χ3v) is 4.09. The van der Waals surface area contributed by atoms with Gasteiger partial charge in [0.25, 0.3) is 0 Å². The van der Waals surface area contributed by atoms with Gasteiger partial charge in [0.1, 0.15) is 5.82 Å². The SMILES string of the molecule is CC(Nc1ccc(Cl)c(C(=O)O)n1)C1CCCCC1. The Kier molecular flexibility index (Phi) is 4.64. The lowest BCUT2D eigenvalue weighted by Gasteiger charge is -2.28. The molecule has 1 aliphatic rings. The minimum Gasteiger partial charge on any atom is -0.476 e. The Hall–Kier alpha value is -1.29. The second-order valence-electron chi connectivity index (χ2n) is 5.16. The molecule has 0 radical (unpaired) electrons. The van der Waals surface area contributed by atoms with Gasteiger partial charge in [0.2, 0.25) is 0 Å². The van der Waals surface area contributed by atoms with Gasteiger partial charge >= 0.3 is 5.97 Å². The van der Waals surface area contributed by atoms with Gasteiger partial charge in [0.05, 0.1) is 5.02 Å².